The van der Waals surface area contributed by atoms with Gasteiger partial charge in [-0.3, -0.25) is 4.79 Å². The summed E-state index contributed by atoms with van der Waals surface area (Å²) in [7, 11) is 0. The molecule has 1 aromatic heterocycles. The zero-order valence-electron chi connectivity index (χ0n) is 19.1. The molecular formula is C25H29N5O3. The SMILES string of the molecule is CC(C)c1ccc(-c2nnn(CC(=O)N3CCCC3c3ccc4c(c3)OCCCO4)n2)cc1. The molecule has 5 rings (SSSR count). The van der Waals surface area contributed by atoms with Crippen molar-refractivity contribution < 1.29 is 14.3 Å². The lowest BCUT2D eigenvalue weighted by Crippen LogP contribution is -2.34. The summed E-state index contributed by atoms with van der Waals surface area (Å²) in [5, 5.41) is 12.7. The fraction of sp³-hybridized carbons (Fsp3) is 0.440. The van der Waals surface area contributed by atoms with Crippen LogP contribution < -0.4 is 9.47 Å². The smallest absolute Gasteiger partial charge is 0.246 e. The Kier molecular flexibility index (Phi) is 5.98. The Bertz CT molecular complexity index is 1130. The van der Waals surface area contributed by atoms with Crippen LogP contribution in [0.3, 0.4) is 0 Å². The largest absolute Gasteiger partial charge is 0.490 e. The number of carbonyl (C=O) groups is 1. The van der Waals surface area contributed by atoms with Gasteiger partial charge in [0.1, 0.15) is 6.54 Å². The average Bonchev–Trinajstić information content (AvgIpc) is 3.44. The molecule has 1 unspecified atom stereocenters. The summed E-state index contributed by atoms with van der Waals surface area (Å²) in [5.41, 5.74) is 3.23. The monoisotopic (exact) mass is 447 g/mol. The van der Waals surface area contributed by atoms with Crippen LogP contribution >= 0.6 is 0 Å². The topological polar surface area (TPSA) is 82.4 Å². The average molecular weight is 448 g/mol. The van der Waals surface area contributed by atoms with Gasteiger partial charge in [0.2, 0.25) is 11.7 Å². The molecule has 2 aromatic carbocycles. The molecule has 0 bridgehead atoms. The third-order valence-corrected chi connectivity index (χ3v) is 6.29. The lowest BCUT2D eigenvalue weighted by atomic mass is 10.0. The minimum Gasteiger partial charge on any atom is -0.490 e. The van der Waals surface area contributed by atoms with Crippen molar-refractivity contribution >= 4 is 5.91 Å². The number of fused-ring (bicyclic) bond motifs is 1. The van der Waals surface area contributed by atoms with Gasteiger partial charge in [-0.1, -0.05) is 44.2 Å². The lowest BCUT2D eigenvalue weighted by Gasteiger charge is -2.25. The molecule has 0 N–H and O–H groups in total. The van der Waals surface area contributed by atoms with Crippen molar-refractivity contribution in [3.8, 4) is 22.9 Å². The Morgan fingerprint density at radius 1 is 1.06 bits per heavy atom. The molecule has 8 heteroatoms. The number of likely N-dealkylation sites (tertiary alicyclic amines) is 1. The van der Waals surface area contributed by atoms with Crippen molar-refractivity contribution in [2.45, 2.75) is 51.6 Å². The predicted molar refractivity (Wildman–Crippen MR) is 123 cm³/mol. The number of rotatable bonds is 5. The van der Waals surface area contributed by atoms with Crippen LogP contribution in [0.5, 0.6) is 11.5 Å². The van der Waals surface area contributed by atoms with Gasteiger partial charge in [-0.05, 0) is 47.2 Å². The molecule has 0 spiro atoms. The van der Waals surface area contributed by atoms with Gasteiger partial charge in [0.15, 0.2) is 11.5 Å². The van der Waals surface area contributed by atoms with Gasteiger partial charge < -0.3 is 14.4 Å². The van der Waals surface area contributed by atoms with Gasteiger partial charge in [0.25, 0.3) is 0 Å². The van der Waals surface area contributed by atoms with E-state index in [2.05, 4.69) is 41.4 Å². The highest BCUT2D eigenvalue weighted by Crippen LogP contribution is 2.38. The molecule has 2 aliphatic rings. The van der Waals surface area contributed by atoms with Gasteiger partial charge in [0.05, 0.1) is 19.3 Å². The number of carbonyl (C=O) groups excluding carboxylic acids is 1. The maximum Gasteiger partial charge on any atom is 0.246 e. The zero-order valence-corrected chi connectivity index (χ0v) is 19.1. The second-order valence-corrected chi connectivity index (χ2v) is 8.92. The third-order valence-electron chi connectivity index (χ3n) is 6.29. The fourth-order valence-electron chi connectivity index (χ4n) is 4.45. The van der Waals surface area contributed by atoms with Crippen molar-refractivity contribution in [3.05, 3.63) is 53.6 Å². The molecule has 33 heavy (non-hydrogen) atoms. The van der Waals surface area contributed by atoms with Crippen molar-refractivity contribution in [1.82, 2.24) is 25.1 Å². The van der Waals surface area contributed by atoms with Crippen LogP contribution in [0.15, 0.2) is 42.5 Å². The van der Waals surface area contributed by atoms with E-state index in [0.29, 0.717) is 25.0 Å². The van der Waals surface area contributed by atoms with Crippen LogP contribution in [0, 0.1) is 0 Å². The molecule has 3 heterocycles. The minimum atomic E-state index is -0.0104. The van der Waals surface area contributed by atoms with Crippen LogP contribution in [0.4, 0.5) is 0 Å². The maximum atomic E-state index is 13.1. The summed E-state index contributed by atoms with van der Waals surface area (Å²) in [4.78, 5) is 16.5. The Balaban J connectivity index is 1.28. The quantitative estimate of drug-likeness (QED) is 0.588. The van der Waals surface area contributed by atoms with Crippen molar-refractivity contribution in [3.63, 3.8) is 0 Å². The summed E-state index contributed by atoms with van der Waals surface area (Å²) in [5.74, 6) is 2.51. The maximum absolute atomic E-state index is 13.1. The summed E-state index contributed by atoms with van der Waals surface area (Å²) in [6, 6.07) is 14.2. The van der Waals surface area contributed by atoms with Gasteiger partial charge in [-0.2, -0.15) is 4.80 Å². The van der Waals surface area contributed by atoms with Gasteiger partial charge in [-0.15, -0.1) is 10.2 Å². The molecule has 1 saturated heterocycles. The van der Waals surface area contributed by atoms with E-state index in [4.69, 9.17) is 9.47 Å². The summed E-state index contributed by atoms with van der Waals surface area (Å²) >= 11 is 0. The van der Waals surface area contributed by atoms with E-state index in [1.807, 2.05) is 35.2 Å². The first-order valence-corrected chi connectivity index (χ1v) is 11.7. The number of tetrazole rings is 1. The number of aromatic nitrogens is 4. The molecule has 0 aliphatic carbocycles. The zero-order chi connectivity index (χ0) is 22.8. The van der Waals surface area contributed by atoms with Crippen LogP contribution in [-0.2, 0) is 11.3 Å². The number of ether oxygens (including phenoxy) is 2. The molecule has 1 fully saturated rings. The first kappa shape index (κ1) is 21.4. The van der Waals surface area contributed by atoms with E-state index in [-0.39, 0.29) is 18.5 Å². The Hall–Kier alpha value is -3.42. The molecule has 3 aromatic rings. The predicted octanol–water partition coefficient (Wildman–Crippen LogP) is 3.99. The van der Waals surface area contributed by atoms with E-state index >= 15 is 0 Å². The van der Waals surface area contributed by atoms with Gasteiger partial charge in [-0.25, -0.2) is 0 Å². The van der Waals surface area contributed by atoms with Crippen molar-refractivity contribution in [2.24, 2.45) is 0 Å². The van der Waals surface area contributed by atoms with E-state index in [9.17, 15) is 4.79 Å². The minimum absolute atomic E-state index is 0.0104. The van der Waals surface area contributed by atoms with Crippen LogP contribution in [0.2, 0.25) is 0 Å². The van der Waals surface area contributed by atoms with E-state index < -0.39 is 0 Å². The van der Waals surface area contributed by atoms with Crippen molar-refractivity contribution in [2.75, 3.05) is 19.8 Å². The van der Waals surface area contributed by atoms with Crippen LogP contribution in [0.1, 0.15) is 56.2 Å². The number of amides is 1. The standard InChI is InChI=1S/C25H29N5O3/c1-17(2)18-6-8-19(9-7-18)25-26-28-30(27-25)16-24(31)29-12-3-5-21(29)20-10-11-22-23(15-20)33-14-4-13-32-22/h6-11,15,17,21H,3-5,12-14,16H2,1-2H3. The normalized spacial score (nSPS) is 17.9. The third kappa shape index (κ3) is 4.55. The number of nitrogens with zero attached hydrogens (tertiary/aromatic N) is 5. The molecular weight excluding hydrogens is 418 g/mol. The van der Waals surface area contributed by atoms with Gasteiger partial charge >= 0.3 is 0 Å². The molecule has 0 radical (unpaired) electrons. The van der Waals surface area contributed by atoms with E-state index in [0.717, 1.165) is 48.4 Å². The van der Waals surface area contributed by atoms with Crippen LogP contribution in [-0.4, -0.2) is 50.8 Å². The Morgan fingerprint density at radius 3 is 2.64 bits per heavy atom. The van der Waals surface area contributed by atoms with Crippen LogP contribution in [0.25, 0.3) is 11.4 Å². The first-order valence-electron chi connectivity index (χ1n) is 11.7. The molecule has 172 valence electrons. The lowest BCUT2D eigenvalue weighted by molar-refractivity contribution is -0.133. The highest BCUT2D eigenvalue weighted by Gasteiger charge is 2.31. The van der Waals surface area contributed by atoms with E-state index in [1.165, 1.54) is 10.4 Å². The first-order chi connectivity index (χ1) is 16.1. The molecule has 0 saturated carbocycles. The number of hydrogen-bond donors (Lipinski definition) is 0. The Labute approximate surface area is 193 Å². The summed E-state index contributed by atoms with van der Waals surface area (Å²) in [6.07, 6.45) is 2.75. The highest BCUT2D eigenvalue weighted by atomic mass is 16.5. The van der Waals surface area contributed by atoms with Crippen molar-refractivity contribution in [1.29, 1.82) is 0 Å². The van der Waals surface area contributed by atoms with Gasteiger partial charge in [0, 0.05) is 18.5 Å². The fourth-order valence-corrected chi connectivity index (χ4v) is 4.45. The number of hydrogen-bond acceptors (Lipinski definition) is 6. The summed E-state index contributed by atoms with van der Waals surface area (Å²) < 4.78 is 11.6. The number of benzene rings is 2. The molecule has 1 atom stereocenters. The molecule has 2 aliphatic heterocycles. The highest BCUT2D eigenvalue weighted by molar-refractivity contribution is 5.76. The molecule has 1 amide bonds. The second-order valence-electron chi connectivity index (χ2n) is 8.92. The Morgan fingerprint density at radius 2 is 1.85 bits per heavy atom. The summed E-state index contributed by atoms with van der Waals surface area (Å²) in [6.45, 7) is 6.41. The molecule has 8 nitrogen and oxygen atoms in total. The van der Waals surface area contributed by atoms with E-state index in [1.54, 1.807) is 0 Å². The second kappa shape index (κ2) is 9.21.